The van der Waals surface area contributed by atoms with Crippen LogP contribution in [0.4, 0.5) is 0 Å². The van der Waals surface area contributed by atoms with E-state index >= 15 is 0 Å². The molecule has 0 radical (unpaired) electrons. The number of hydrogen-bond acceptors (Lipinski definition) is 2. The molecule has 64 valence electrons. The summed E-state index contributed by atoms with van der Waals surface area (Å²) >= 11 is 0. The molecule has 0 unspecified atom stereocenters. The van der Waals surface area contributed by atoms with Crippen LogP contribution in [0.3, 0.4) is 0 Å². The highest BCUT2D eigenvalue weighted by molar-refractivity contribution is 5.71. The first-order valence-corrected chi connectivity index (χ1v) is 4.10. The molecule has 11 heavy (non-hydrogen) atoms. The standard InChI is InChI=1S/C9H18N2/c1-4-9(5-7-10-2)6-8-11-3/h5,7,11H,4,6,8H2,1-3H3/b9-5+,10-7?. The molecule has 0 atom stereocenters. The lowest BCUT2D eigenvalue weighted by molar-refractivity contribution is 0.768. The van der Waals surface area contributed by atoms with Crippen LogP contribution >= 0.6 is 0 Å². The Balaban J connectivity index is 3.73. The summed E-state index contributed by atoms with van der Waals surface area (Å²) in [5.74, 6) is 0. The second-order valence-corrected chi connectivity index (χ2v) is 2.44. The molecule has 0 heterocycles. The normalized spacial score (nSPS) is 12.8. The molecule has 0 saturated heterocycles. The molecule has 0 aliphatic rings. The molecular formula is C9H18N2. The fourth-order valence-electron chi connectivity index (χ4n) is 0.843. The molecule has 0 aromatic heterocycles. The van der Waals surface area contributed by atoms with Crippen molar-refractivity contribution in [3.63, 3.8) is 0 Å². The van der Waals surface area contributed by atoms with Gasteiger partial charge in [0.1, 0.15) is 0 Å². The van der Waals surface area contributed by atoms with Crippen LogP contribution in [0.1, 0.15) is 19.8 Å². The van der Waals surface area contributed by atoms with E-state index in [0.717, 1.165) is 19.4 Å². The molecule has 1 N–H and O–H groups in total. The summed E-state index contributed by atoms with van der Waals surface area (Å²) < 4.78 is 0. The smallest absolute Gasteiger partial charge is 0.0277 e. The summed E-state index contributed by atoms with van der Waals surface area (Å²) in [6.45, 7) is 3.22. The van der Waals surface area contributed by atoms with Crippen molar-refractivity contribution in [1.82, 2.24) is 5.32 Å². The zero-order valence-electron chi connectivity index (χ0n) is 7.72. The predicted molar refractivity (Wildman–Crippen MR) is 51.3 cm³/mol. The van der Waals surface area contributed by atoms with E-state index < -0.39 is 0 Å². The van der Waals surface area contributed by atoms with E-state index in [1.54, 1.807) is 7.05 Å². The molecule has 0 fully saturated rings. The molecule has 0 saturated carbocycles. The number of nitrogens with one attached hydrogen (secondary N) is 1. The largest absolute Gasteiger partial charge is 0.319 e. The summed E-state index contributed by atoms with van der Waals surface area (Å²) in [7, 11) is 3.77. The molecular weight excluding hydrogens is 136 g/mol. The zero-order chi connectivity index (χ0) is 8.53. The van der Waals surface area contributed by atoms with Gasteiger partial charge in [-0.15, -0.1) is 0 Å². The van der Waals surface area contributed by atoms with Crippen LogP contribution in [-0.4, -0.2) is 26.9 Å². The molecule has 0 aromatic carbocycles. The highest BCUT2D eigenvalue weighted by atomic mass is 14.8. The van der Waals surface area contributed by atoms with Gasteiger partial charge in [-0.2, -0.15) is 0 Å². The predicted octanol–water partition coefficient (Wildman–Crippen LogP) is 1.63. The lowest BCUT2D eigenvalue weighted by atomic mass is 10.1. The summed E-state index contributed by atoms with van der Waals surface area (Å²) in [5, 5.41) is 3.12. The van der Waals surface area contributed by atoms with Gasteiger partial charge in [0.15, 0.2) is 0 Å². The summed E-state index contributed by atoms with van der Waals surface area (Å²) in [6.07, 6.45) is 6.19. The van der Waals surface area contributed by atoms with Crippen molar-refractivity contribution in [1.29, 1.82) is 0 Å². The maximum Gasteiger partial charge on any atom is 0.0277 e. The van der Waals surface area contributed by atoms with Crippen LogP contribution in [0.2, 0.25) is 0 Å². The lowest BCUT2D eigenvalue weighted by Crippen LogP contribution is -2.08. The molecule has 0 bridgehead atoms. The average Bonchev–Trinajstić information content (AvgIpc) is 2.05. The maximum atomic E-state index is 3.91. The van der Waals surface area contributed by atoms with E-state index in [4.69, 9.17) is 0 Å². The molecule has 2 heteroatoms. The van der Waals surface area contributed by atoms with E-state index in [-0.39, 0.29) is 0 Å². The Morgan fingerprint density at radius 2 is 2.27 bits per heavy atom. The third-order valence-electron chi connectivity index (χ3n) is 1.61. The number of aliphatic imine (C=N–C) groups is 1. The van der Waals surface area contributed by atoms with Crippen molar-refractivity contribution < 1.29 is 0 Å². The van der Waals surface area contributed by atoms with Crippen LogP contribution in [0.5, 0.6) is 0 Å². The summed E-state index contributed by atoms with van der Waals surface area (Å²) in [4.78, 5) is 3.91. The SMILES string of the molecule is CC/C(=C\C=NC)CCNC. The minimum atomic E-state index is 1.05. The first-order valence-electron chi connectivity index (χ1n) is 4.10. The van der Waals surface area contributed by atoms with Crippen molar-refractivity contribution in [3.8, 4) is 0 Å². The number of rotatable bonds is 5. The number of hydrogen-bond donors (Lipinski definition) is 1. The molecule has 0 rings (SSSR count). The lowest BCUT2D eigenvalue weighted by Gasteiger charge is -2.01. The van der Waals surface area contributed by atoms with Crippen molar-refractivity contribution in [2.24, 2.45) is 4.99 Å². The van der Waals surface area contributed by atoms with Crippen molar-refractivity contribution in [3.05, 3.63) is 11.6 Å². The van der Waals surface area contributed by atoms with Crippen molar-refractivity contribution in [2.75, 3.05) is 20.6 Å². The highest BCUT2D eigenvalue weighted by Crippen LogP contribution is 2.03. The first kappa shape index (κ1) is 10.4. The van der Waals surface area contributed by atoms with E-state index in [1.807, 2.05) is 13.3 Å². The van der Waals surface area contributed by atoms with Gasteiger partial charge in [-0.05, 0) is 32.5 Å². The van der Waals surface area contributed by atoms with E-state index in [1.165, 1.54) is 5.57 Å². The third-order valence-corrected chi connectivity index (χ3v) is 1.61. The van der Waals surface area contributed by atoms with Gasteiger partial charge < -0.3 is 5.32 Å². The Kier molecular flexibility index (Phi) is 7.05. The van der Waals surface area contributed by atoms with Gasteiger partial charge in [0.05, 0.1) is 0 Å². The Bertz CT molecular complexity index is 136. The number of nitrogens with zero attached hydrogens (tertiary/aromatic N) is 1. The fraction of sp³-hybridized carbons (Fsp3) is 0.667. The van der Waals surface area contributed by atoms with Crippen LogP contribution in [0.25, 0.3) is 0 Å². The topological polar surface area (TPSA) is 24.4 Å². The van der Waals surface area contributed by atoms with Crippen molar-refractivity contribution in [2.45, 2.75) is 19.8 Å². The van der Waals surface area contributed by atoms with Crippen LogP contribution in [0, 0.1) is 0 Å². The Hall–Kier alpha value is -0.630. The zero-order valence-corrected chi connectivity index (χ0v) is 7.72. The van der Waals surface area contributed by atoms with Gasteiger partial charge in [-0.25, -0.2) is 0 Å². The van der Waals surface area contributed by atoms with Gasteiger partial charge in [0, 0.05) is 13.3 Å². The van der Waals surface area contributed by atoms with Gasteiger partial charge in [0.25, 0.3) is 0 Å². The minimum Gasteiger partial charge on any atom is -0.319 e. The average molecular weight is 154 g/mol. The Morgan fingerprint density at radius 1 is 1.55 bits per heavy atom. The second kappa shape index (κ2) is 7.48. The van der Waals surface area contributed by atoms with E-state index in [0.29, 0.717) is 0 Å². The highest BCUT2D eigenvalue weighted by Gasteiger charge is 1.90. The van der Waals surface area contributed by atoms with E-state index in [2.05, 4.69) is 23.3 Å². The van der Waals surface area contributed by atoms with Crippen LogP contribution in [0.15, 0.2) is 16.6 Å². The maximum absolute atomic E-state index is 3.91. The molecule has 2 nitrogen and oxygen atoms in total. The van der Waals surface area contributed by atoms with Gasteiger partial charge in [-0.1, -0.05) is 12.5 Å². The monoisotopic (exact) mass is 154 g/mol. The summed E-state index contributed by atoms with van der Waals surface area (Å²) in [5.41, 5.74) is 1.45. The Morgan fingerprint density at radius 3 is 2.73 bits per heavy atom. The number of allylic oxidation sites excluding steroid dienone is 1. The van der Waals surface area contributed by atoms with Gasteiger partial charge in [-0.3, -0.25) is 4.99 Å². The Labute approximate surface area is 69.4 Å². The van der Waals surface area contributed by atoms with Crippen molar-refractivity contribution >= 4 is 6.21 Å². The molecule has 0 amide bonds. The molecule has 0 aliphatic heterocycles. The second-order valence-electron chi connectivity index (χ2n) is 2.44. The molecule has 0 spiro atoms. The molecule has 0 aliphatic carbocycles. The van der Waals surface area contributed by atoms with Gasteiger partial charge >= 0.3 is 0 Å². The third kappa shape index (κ3) is 5.80. The quantitative estimate of drug-likeness (QED) is 0.598. The fourth-order valence-corrected chi connectivity index (χ4v) is 0.843. The first-order chi connectivity index (χ1) is 5.35. The minimum absolute atomic E-state index is 1.05. The summed E-state index contributed by atoms with van der Waals surface area (Å²) in [6, 6.07) is 0. The van der Waals surface area contributed by atoms with Crippen LogP contribution < -0.4 is 5.32 Å². The van der Waals surface area contributed by atoms with Crippen LogP contribution in [-0.2, 0) is 0 Å². The van der Waals surface area contributed by atoms with E-state index in [9.17, 15) is 0 Å². The van der Waals surface area contributed by atoms with Gasteiger partial charge in [0.2, 0.25) is 0 Å². The molecule has 0 aromatic rings.